The second-order valence-corrected chi connectivity index (χ2v) is 6.45. The number of hydrogen-bond donors (Lipinski definition) is 1. The van der Waals surface area contributed by atoms with Gasteiger partial charge in [-0.3, -0.25) is 0 Å². The van der Waals surface area contributed by atoms with Crippen LogP contribution < -0.4 is 5.32 Å². The van der Waals surface area contributed by atoms with E-state index in [1.807, 2.05) is 0 Å². The third kappa shape index (κ3) is 6.22. The molecule has 1 aliphatic carbocycles. The maximum atomic E-state index is 3.77. The molecule has 3 atom stereocenters. The minimum Gasteiger partial charge on any atom is -0.314 e. The molecule has 0 spiro atoms. The molecule has 108 valence electrons. The Labute approximate surface area is 115 Å². The van der Waals surface area contributed by atoms with Crippen LogP contribution in [0.25, 0.3) is 0 Å². The summed E-state index contributed by atoms with van der Waals surface area (Å²) in [4.78, 5) is 0. The SMILES string of the molecule is CCCCCCCCCCNC1CCC(C)C1C. The van der Waals surface area contributed by atoms with Crippen molar-refractivity contribution in [2.45, 2.75) is 91.0 Å². The molecule has 0 aromatic heterocycles. The molecule has 1 nitrogen and oxygen atoms in total. The predicted octanol–water partition coefficient (Wildman–Crippen LogP) is 5.15. The van der Waals surface area contributed by atoms with Gasteiger partial charge < -0.3 is 5.32 Å². The van der Waals surface area contributed by atoms with Crippen molar-refractivity contribution >= 4 is 0 Å². The number of unbranched alkanes of at least 4 members (excludes halogenated alkanes) is 7. The quantitative estimate of drug-likeness (QED) is 0.531. The predicted molar refractivity (Wildman–Crippen MR) is 82.0 cm³/mol. The van der Waals surface area contributed by atoms with Gasteiger partial charge in [0.2, 0.25) is 0 Å². The standard InChI is InChI=1S/C17H35N/c1-4-5-6-7-8-9-10-11-14-18-17-13-12-15(2)16(17)3/h15-18H,4-14H2,1-3H3. The van der Waals surface area contributed by atoms with E-state index < -0.39 is 0 Å². The minimum atomic E-state index is 0.810. The average Bonchev–Trinajstić information content (AvgIpc) is 2.68. The molecule has 1 fully saturated rings. The Bertz CT molecular complexity index is 190. The van der Waals surface area contributed by atoms with Crippen LogP contribution in [0.2, 0.25) is 0 Å². The molecule has 0 bridgehead atoms. The molecule has 1 rings (SSSR count). The number of hydrogen-bond acceptors (Lipinski definition) is 1. The average molecular weight is 253 g/mol. The lowest BCUT2D eigenvalue weighted by Gasteiger charge is -2.19. The van der Waals surface area contributed by atoms with Gasteiger partial charge in [-0.1, -0.05) is 65.7 Å². The van der Waals surface area contributed by atoms with Crippen molar-refractivity contribution in [1.29, 1.82) is 0 Å². The highest BCUT2D eigenvalue weighted by atomic mass is 14.9. The molecular weight excluding hydrogens is 218 g/mol. The molecule has 0 aliphatic heterocycles. The molecule has 1 saturated carbocycles. The normalized spacial score (nSPS) is 27.8. The Morgan fingerprint density at radius 1 is 0.833 bits per heavy atom. The molecular formula is C17H35N. The highest BCUT2D eigenvalue weighted by molar-refractivity contribution is 4.84. The van der Waals surface area contributed by atoms with Crippen molar-refractivity contribution in [2.24, 2.45) is 11.8 Å². The molecule has 0 aromatic rings. The molecule has 0 radical (unpaired) electrons. The van der Waals surface area contributed by atoms with E-state index in [0.717, 1.165) is 17.9 Å². The van der Waals surface area contributed by atoms with Gasteiger partial charge in [0.25, 0.3) is 0 Å². The van der Waals surface area contributed by atoms with E-state index in [4.69, 9.17) is 0 Å². The smallest absolute Gasteiger partial charge is 0.00953 e. The van der Waals surface area contributed by atoms with Crippen LogP contribution in [0.1, 0.15) is 85.0 Å². The van der Waals surface area contributed by atoms with Crippen LogP contribution in [-0.4, -0.2) is 12.6 Å². The van der Waals surface area contributed by atoms with Gasteiger partial charge in [-0.15, -0.1) is 0 Å². The summed E-state index contributed by atoms with van der Waals surface area (Å²) in [5.74, 6) is 1.82. The van der Waals surface area contributed by atoms with Gasteiger partial charge in [0.1, 0.15) is 0 Å². The van der Waals surface area contributed by atoms with Crippen LogP contribution in [0.15, 0.2) is 0 Å². The van der Waals surface area contributed by atoms with Gasteiger partial charge in [0.15, 0.2) is 0 Å². The van der Waals surface area contributed by atoms with Crippen LogP contribution in [-0.2, 0) is 0 Å². The van der Waals surface area contributed by atoms with Gasteiger partial charge in [0, 0.05) is 6.04 Å². The maximum Gasteiger partial charge on any atom is 0.00953 e. The van der Waals surface area contributed by atoms with Crippen molar-refractivity contribution in [3.8, 4) is 0 Å². The van der Waals surface area contributed by atoms with E-state index >= 15 is 0 Å². The van der Waals surface area contributed by atoms with Crippen molar-refractivity contribution in [3.63, 3.8) is 0 Å². The first-order chi connectivity index (χ1) is 8.75. The molecule has 3 unspecified atom stereocenters. The summed E-state index contributed by atoms with van der Waals surface area (Å²) >= 11 is 0. The zero-order valence-electron chi connectivity index (χ0n) is 13.0. The lowest BCUT2D eigenvalue weighted by Crippen LogP contribution is -2.33. The van der Waals surface area contributed by atoms with Crippen LogP contribution in [0, 0.1) is 11.8 Å². The second-order valence-electron chi connectivity index (χ2n) is 6.45. The van der Waals surface area contributed by atoms with Crippen LogP contribution in [0.4, 0.5) is 0 Å². The van der Waals surface area contributed by atoms with E-state index in [2.05, 4.69) is 26.1 Å². The monoisotopic (exact) mass is 253 g/mol. The molecule has 18 heavy (non-hydrogen) atoms. The van der Waals surface area contributed by atoms with E-state index in [1.54, 1.807) is 0 Å². The second kappa shape index (κ2) is 9.83. The topological polar surface area (TPSA) is 12.0 Å². The molecule has 0 heterocycles. The van der Waals surface area contributed by atoms with E-state index in [1.165, 1.54) is 70.8 Å². The third-order valence-electron chi connectivity index (χ3n) is 4.90. The fourth-order valence-corrected chi connectivity index (χ4v) is 3.20. The van der Waals surface area contributed by atoms with E-state index in [9.17, 15) is 0 Å². The summed E-state index contributed by atoms with van der Waals surface area (Å²) in [7, 11) is 0. The molecule has 1 aliphatic rings. The first-order valence-electron chi connectivity index (χ1n) is 8.49. The molecule has 0 saturated heterocycles. The van der Waals surface area contributed by atoms with Gasteiger partial charge >= 0.3 is 0 Å². The van der Waals surface area contributed by atoms with Crippen molar-refractivity contribution in [1.82, 2.24) is 5.32 Å². The van der Waals surface area contributed by atoms with Gasteiger partial charge in [-0.2, -0.15) is 0 Å². The molecule has 1 heteroatoms. The molecule has 0 amide bonds. The Hall–Kier alpha value is -0.0400. The first-order valence-corrected chi connectivity index (χ1v) is 8.49. The van der Waals surface area contributed by atoms with Crippen molar-refractivity contribution in [3.05, 3.63) is 0 Å². The highest BCUT2D eigenvalue weighted by Crippen LogP contribution is 2.30. The summed E-state index contributed by atoms with van der Waals surface area (Å²) in [5.41, 5.74) is 0. The lowest BCUT2D eigenvalue weighted by atomic mass is 9.98. The summed E-state index contributed by atoms with van der Waals surface area (Å²) in [5, 5.41) is 3.77. The zero-order chi connectivity index (χ0) is 13.2. The number of nitrogens with one attached hydrogen (secondary N) is 1. The summed E-state index contributed by atoms with van der Waals surface area (Å²) in [6.07, 6.45) is 14.2. The largest absolute Gasteiger partial charge is 0.314 e. The Morgan fingerprint density at radius 3 is 2.00 bits per heavy atom. The minimum absolute atomic E-state index is 0.810. The zero-order valence-corrected chi connectivity index (χ0v) is 13.0. The summed E-state index contributed by atoms with van der Waals surface area (Å²) in [6.45, 7) is 8.36. The van der Waals surface area contributed by atoms with Gasteiger partial charge in [-0.05, 0) is 37.6 Å². The fraction of sp³-hybridized carbons (Fsp3) is 1.00. The first kappa shape index (κ1) is 16.0. The van der Waals surface area contributed by atoms with Crippen molar-refractivity contribution in [2.75, 3.05) is 6.54 Å². The van der Waals surface area contributed by atoms with Crippen molar-refractivity contribution < 1.29 is 0 Å². The van der Waals surface area contributed by atoms with Gasteiger partial charge in [-0.25, -0.2) is 0 Å². The lowest BCUT2D eigenvalue weighted by molar-refractivity contribution is 0.367. The summed E-state index contributed by atoms with van der Waals surface area (Å²) in [6, 6.07) is 0.810. The Kier molecular flexibility index (Phi) is 8.75. The summed E-state index contributed by atoms with van der Waals surface area (Å²) < 4.78 is 0. The Balaban J connectivity index is 1.84. The van der Waals surface area contributed by atoms with Crippen LogP contribution in [0.5, 0.6) is 0 Å². The fourth-order valence-electron chi connectivity index (χ4n) is 3.20. The van der Waals surface area contributed by atoms with Crippen LogP contribution in [0.3, 0.4) is 0 Å². The van der Waals surface area contributed by atoms with E-state index in [0.29, 0.717) is 0 Å². The number of rotatable bonds is 10. The molecule has 0 aromatic carbocycles. The van der Waals surface area contributed by atoms with E-state index in [-0.39, 0.29) is 0 Å². The van der Waals surface area contributed by atoms with Gasteiger partial charge in [0.05, 0.1) is 0 Å². The van der Waals surface area contributed by atoms with Crippen LogP contribution >= 0.6 is 0 Å². The maximum absolute atomic E-state index is 3.77. The highest BCUT2D eigenvalue weighted by Gasteiger charge is 2.28. The third-order valence-corrected chi connectivity index (χ3v) is 4.90. The Morgan fingerprint density at radius 2 is 1.44 bits per heavy atom. The molecule has 1 N–H and O–H groups in total.